The summed E-state index contributed by atoms with van der Waals surface area (Å²) in [6.45, 7) is 9.09. The molecule has 1 aromatic rings. The van der Waals surface area contributed by atoms with Gasteiger partial charge in [-0.05, 0) is 81.5 Å². The maximum Gasteiger partial charge on any atom is 0.305 e. The van der Waals surface area contributed by atoms with Crippen molar-refractivity contribution in [2.24, 2.45) is 16.6 Å². The van der Waals surface area contributed by atoms with Crippen LogP contribution in [0, 0.1) is 26.7 Å². The van der Waals surface area contributed by atoms with Crippen molar-refractivity contribution in [3.63, 3.8) is 0 Å². The fourth-order valence-electron chi connectivity index (χ4n) is 5.02. The van der Waals surface area contributed by atoms with Crippen LogP contribution in [-0.2, 0) is 33.9 Å². The predicted molar refractivity (Wildman–Crippen MR) is 177 cm³/mol. The van der Waals surface area contributed by atoms with Crippen molar-refractivity contribution in [1.29, 1.82) is 0 Å². The van der Waals surface area contributed by atoms with Gasteiger partial charge >= 0.3 is 5.97 Å². The minimum Gasteiger partial charge on any atom is -0.496 e. The van der Waals surface area contributed by atoms with Gasteiger partial charge in [-0.1, -0.05) is 33.1 Å². The third-order valence-electron chi connectivity index (χ3n) is 7.52. The van der Waals surface area contributed by atoms with Crippen molar-refractivity contribution < 1.29 is 37.1 Å². The number of aldehydes is 1. The van der Waals surface area contributed by atoms with Crippen molar-refractivity contribution in [3.8, 4) is 5.75 Å². The SMILES string of the molecule is COC(=O)CCCCCCCC(=O)NC(CCCN=C(N)NS(=O)(=O)c1c(C)cc(OC)c(C)c1C)C(=O)NC(C=O)CC(C)C. The summed E-state index contributed by atoms with van der Waals surface area (Å²) in [6, 6.07) is 0.0459. The lowest BCUT2D eigenvalue weighted by molar-refractivity contribution is -0.140. The topological polar surface area (TPSA) is 195 Å². The number of amides is 2. The Morgan fingerprint density at radius 2 is 1.59 bits per heavy atom. The van der Waals surface area contributed by atoms with Crippen molar-refractivity contribution in [2.45, 2.75) is 116 Å². The fourth-order valence-corrected chi connectivity index (χ4v) is 6.51. The van der Waals surface area contributed by atoms with Crippen molar-refractivity contribution in [2.75, 3.05) is 20.8 Å². The van der Waals surface area contributed by atoms with Crippen LogP contribution in [0.4, 0.5) is 0 Å². The highest BCUT2D eigenvalue weighted by atomic mass is 32.2. The summed E-state index contributed by atoms with van der Waals surface area (Å²) in [5.41, 5.74) is 7.64. The van der Waals surface area contributed by atoms with Gasteiger partial charge in [0.15, 0.2) is 0 Å². The fraction of sp³-hybridized carbons (Fsp3) is 0.656. The Labute approximate surface area is 273 Å². The predicted octanol–water partition coefficient (Wildman–Crippen LogP) is 3.11. The molecule has 0 saturated carbocycles. The molecule has 0 aliphatic heterocycles. The molecule has 1 rings (SSSR count). The molecule has 2 amide bonds. The number of carbonyl (C=O) groups is 4. The average Bonchev–Trinajstić information content (AvgIpc) is 2.98. The largest absolute Gasteiger partial charge is 0.496 e. The standard InChI is InChI=1S/C32H53N5O8S/c1-21(2)18-25(20-38)35-31(41)26(36-28(39)15-11-9-8-10-12-16-29(40)45-7)14-13-17-34-32(33)37-46(42,43)30-22(3)19-27(44-6)23(4)24(30)5/h19-21,25-26H,8-18H2,1-7H3,(H,35,41)(H,36,39)(H3,33,34,37). The van der Waals surface area contributed by atoms with Gasteiger partial charge in [0.2, 0.25) is 17.8 Å². The van der Waals surface area contributed by atoms with Crippen LogP contribution in [0.15, 0.2) is 16.0 Å². The van der Waals surface area contributed by atoms with Crippen LogP contribution < -0.4 is 25.8 Å². The van der Waals surface area contributed by atoms with E-state index in [0.29, 0.717) is 54.4 Å². The molecule has 2 atom stereocenters. The Morgan fingerprint density at radius 1 is 0.957 bits per heavy atom. The highest BCUT2D eigenvalue weighted by Crippen LogP contribution is 2.30. The van der Waals surface area contributed by atoms with Gasteiger partial charge in [-0.15, -0.1) is 0 Å². The third-order valence-corrected chi connectivity index (χ3v) is 9.16. The molecule has 0 aromatic heterocycles. The zero-order valence-corrected chi connectivity index (χ0v) is 29.2. The number of nitrogens with zero attached hydrogens (tertiary/aromatic N) is 1. The first kappa shape index (κ1) is 40.3. The molecule has 0 saturated heterocycles. The molecule has 0 spiro atoms. The Balaban J connectivity index is 2.82. The number of ether oxygens (including phenoxy) is 2. The number of unbranched alkanes of at least 4 members (excludes halogenated alkanes) is 4. The van der Waals surface area contributed by atoms with Gasteiger partial charge in [-0.25, -0.2) is 13.1 Å². The highest BCUT2D eigenvalue weighted by molar-refractivity contribution is 7.90. The number of nitrogens with two attached hydrogens (primary N) is 1. The number of esters is 1. The molecule has 46 heavy (non-hydrogen) atoms. The van der Waals surface area contributed by atoms with Gasteiger partial charge in [0.05, 0.1) is 25.2 Å². The number of nitrogens with one attached hydrogen (secondary N) is 3. The lowest BCUT2D eigenvalue weighted by Crippen LogP contribution is -2.50. The Bertz CT molecular complexity index is 1310. The molecule has 1 aromatic carbocycles. The van der Waals surface area contributed by atoms with Crippen molar-refractivity contribution in [1.82, 2.24) is 15.4 Å². The van der Waals surface area contributed by atoms with Crippen LogP contribution >= 0.6 is 0 Å². The van der Waals surface area contributed by atoms with Crippen LogP contribution in [0.1, 0.15) is 94.7 Å². The second-order valence-electron chi connectivity index (χ2n) is 11.8. The molecule has 260 valence electrons. The number of aliphatic imine (C=N–C) groups is 1. The molecule has 13 nitrogen and oxygen atoms in total. The number of guanidine groups is 1. The lowest BCUT2D eigenvalue weighted by atomic mass is 10.0. The Morgan fingerprint density at radius 3 is 2.17 bits per heavy atom. The first-order valence-electron chi connectivity index (χ1n) is 15.8. The van der Waals surface area contributed by atoms with Gasteiger partial charge in [0, 0.05) is 19.4 Å². The molecule has 5 N–H and O–H groups in total. The normalized spacial score (nSPS) is 13.1. The summed E-state index contributed by atoms with van der Waals surface area (Å²) in [6.07, 6.45) is 6.09. The molecule has 0 bridgehead atoms. The summed E-state index contributed by atoms with van der Waals surface area (Å²) in [7, 11) is -1.16. The van der Waals surface area contributed by atoms with Gasteiger partial charge in [0.1, 0.15) is 18.1 Å². The summed E-state index contributed by atoms with van der Waals surface area (Å²) < 4.78 is 38.5. The van der Waals surface area contributed by atoms with Crippen molar-refractivity contribution in [3.05, 3.63) is 22.8 Å². The van der Waals surface area contributed by atoms with Gasteiger partial charge in [-0.3, -0.25) is 19.4 Å². The average molecular weight is 668 g/mol. The maximum absolute atomic E-state index is 13.1. The van der Waals surface area contributed by atoms with E-state index in [4.69, 9.17) is 10.5 Å². The molecule has 0 fully saturated rings. The number of carbonyl (C=O) groups excluding carboxylic acids is 4. The van der Waals surface area contributed by atoms with Crippen LogP contribution in [-0.4, -0.2) is 71.3 Å². The van der Waals surface area contributed by atoms with Gasteiger partial charge in [0.25, 0.3) is 10.0 Å². The number of methoxy groups -OCH3 is 2. The quantitative estimate of drug-likeness (QED) is 0.0501. The third kappa shape index (κ3) is 14.2. The minimum absolute atomic E-state index is 0.0856. The molecule has 0 heterocycles. The number of sulfonamides is 1. The van der Waals surface area contributed by atoms with E-state index in [1.807, 2.05) is 13.8 Å². The number of rotatable bonds is 21. The smallest absolute Gasteiger partial charge is 0.305 e. The first-order valence-corrected chi connectivity index (χ1v) is 17.2. The second kappa shape index (κ2) is 20.4. The van der Waals surface area contributed by atoms with Crippen molar-refractivity contribution >= 4 is 40.1 Å². The zero-order valence-electron chi connectivity index (χ0n) is 28.4. The van der Waals surface area contributed by atoms with Crippen LogP contribution in [0.2, 0.25) is 0 Å². The minimum atomic E-state index is -4.04. The zero-order chi connectivity index (χ0) is 34.9. The molecular formula is C32H53N5O8S. The Hall–Kier alpha value is -3.68. The highest BCUT2D eigenvalue weighted by Gasteiger charge is 2.25. The van der Waals surface area contributed by atoms with Gasteiger partial charge in [-0.2, -0.15) is 0 Å². The molecule has 14 heteroatoms. The monoisotopic (exact) mass is 667 g/mol. The van der Waals surface area contributed by atoms with Gasteiger partial charge < -0.3 is 30.6 Å². The van der Waals surface area contributed by atoms with E-state index in [9.17, 15) is 27.6 Å². The van der Waals surface area contributed by atoms with Crippen LogP contribution in [0.25, 0.3) is 0 Å². The second-order valence-corrected chi connectivity index (χ2v) is 13.5. The molecule has 0 aliphatic rings. The summed E-state index contributed by atoms with van der Waals surface area (Å²) >= 11 is 0. The van der Waals surface area contributed by atoms with E-state index in [1.165, 1.54) is 14.2 Å². The molecule has 2 unspecified atom stereocenters. The van der Waals surface area contributed by atoms with E-state index < -0.39 is 28.0 Å². The Kier molecular flexibility index (Phi) is 17.9. The number of hydrogen-bond donors (Lipinski definition) is 4. The molecular weight excluding hydrogens is 614 g/mol. The van der Waals surface area contributed by atoms with E-state index >= 15 is 0 Å². The number of aryl methyl sites for hydroxylation is 1. The molecule has 0 aliphatic carbocycles. The van der Waals surface area contributed by atoms with E-state index in [2.05, 4.69) is 25.1 Å². The maximum atomic E-state index is 13.1. The number of hydrogen-bond acceptors (Lipinski definition) is 9. The molecule has 0 radical (unpaired) electrons. The summed E-state index contributed by atoms with van der Waals surface area (Å²) in [4.78, 5) is 52.8. The van der Waals surface area contributed by atoms with Crippen LogP contribution in [0.3, 0.4) is 0 Å². The summed E-state index contributed by atoms with van der Waals surface area (Å²) in [5.74, 6) is -0.562. The van der Waals surface area contributed by atoms with Crippen LogP contribution in [0.5, 0.6) is 5.75 Å². The van der Waals surface area contributed by atoms with E-state index in [0.717, 1.165) is 25.7 Å². The number of benzene rings is 1. The summed E-state index contributed by atoms with van der Waals surface area (Å²) in [5, 5.41) is 5.48. The lowest BCUT2D eigenvalue weighted by Gasteiger charge is -2.21. The first-order chi connectivity index (χ1) is 21.7. The van der Waals surface area contributed by atoms with E-state index in [1.54, 1.807) is 26.8 Å². The van der Waals surface area contributed by atoms with E-state index in [-0.39, 0.29) is 48.0 Å².